The molecule has 0 saturated heterocycles. The van der Waals surface area contributed by atoms with E-state index < -0.39 is 5.91 Å². The number of amides is 1. The Morgan fingerprint density at radius 2 is 1.43 bits per heavy atom. The summed E-state index contributed by atoms with van der Waals surface area (Å²) >= 11 is 0. The van der Waals surface area contributed by atoms with Crippen LogP contribution in [0.25, 0.3) is 34.2 Å². The van der Waals surface area contributed by atoms with E-state index >= 15 is 0 Å². The van der Waals surface area contributed by atoms with Gasteiger partial charge in [-0.05, 0) is 66.8 Å². The van der Waals surface area contributed by atoms with Crippen LogP contribution >= 0.6 is 0 Å². The SMILES string of the molecule is CCNC(=O)c1noc(-c2cc(C(C)C)c(OCc3ccccc3)cc2OCc2ccccc2)c1-c1noc(-c2ccc(OCC)cc2)n1. The van der Waals surface area contributed by atoms with E-state index in [1.807, 2.05) is 111 Å². The summed E-state index contributed by atoms with van der Waals surface area (Å²) in [5.41, 5.74) is 4.50. The first-order chi connectivity index (χ1) is 23.9. The number of hydrogen-bond donors (Lipinski definition) is 1. The number of nitrogens with one attached hydrogen (secondary N) is 1. The molecule has 1 N–H and O–H groups in total. The normalized spacial score (nSPS) is 11.0. The minimum Gasteiger partial charge on any atom is -0.494 e. The lowest BCUT2D eigenvalue weighted by Crippen LogP contribution is -2.23. The summed E-state index contributed by atoms with van der Waals surface area (Å²) in [4.78, 5) is 18.0. The molecular formula is C39H38N4O6. The van der Waals surface area contributed by atoms with Crippen LogP contribution in [-0.2, 0) is 13.2 Å². The van der Waals surface area contributed by atoms with Gasteiger partial charge in [-0.3, -0.25) is 4.79 Å². The molecule has 0 aliphatic heterocycles. The molecular weight excluding hydrogens is 620 g/mol. The number of ether oxygens (including phenoxy) is 3. The maximum absolute atomic E-state index is 13.3. The Kier molecular flexibility index (Phi) is 10.3. The Bertz CT molecular complexity index is 1990. The van der Waals surface area contributed by atoms with E-state index in [2.05, 4.69) is 34.5 Å². The number of aromatic nitrogens is 3. The van der Waals surface area contributed by atoms with Gasteiger partial charge in [-0.25, -0.2) is 0 Å². The zero-order valence-electron chi connectivity index (χ0n) is 27.9. The molecule has 6 aromatic rings. The molecule has 0 unspecified atom stereocenters. The molecule has 0 radical (unpaired) electrons. The van der Waals surface area contributed by atoms with Gasteiger partial charge in [0.15, 0.2) is 11.5 Å². The zero-order valence-corrected chi connectivity index (χ0v) is 27.9. The average Bonchev–Trinajstić information content (AvgIpc) is 3.79. The highest BCUT2D eigenvalue weighted by Gasteiger charge is 2.31. The number of hydrogen-bond acceptors (Lipinski definition) is 9. The summed E-state index contributed by atoms with van der Waals surface area (Å²) in [5, 5.41) is 11.3. The van der Waals surface area contributed by atoms with E-state index in [4.69, 9.17) is 23.3 Å². The van der Waals surface area contributed by atoms with E-state index in [1.54, 1.807) is 0 Å². The van der Waals surface area contributed by atoms with Gasteiger partial charge in [0.2, 0.25) is 5.82 Å². The Balaban J connectivity index is 1.46. The third-order valence-electron chi connectivity index (χ3n) is 7.76. The summed E-state index contributed by atoms with van der Waals surface area (Å²) in [6.07, 6.45) is 0. The second kappa shape index (κ2) is 15.3. The van der Waals surface area contributed by atoms with Crippen LogP contribution < -0.4 is 19.5 Å². The van der Waals surface area contributed by atoms with Gasteiger partial charge in [0.05, 0.1) is 12.2 Å². The predicted octanol–water partition coefficient (Wildman–Crippen LogP) is 8.49. The maximum Gasteiger partial charge on any atom is 0.274 e. The first kappa shape index (κ1) is 33.0. The molecule has 2 heterocycles. The molecule has 250 valence electrons. The van der Waals surface area contributed by atoms with E-state index in [0.717, 1.165) is 22.4 Å². The minimum absolute atomic E-state index is 0.0282. The van der Waals surface area contributed by atoms with Crippen molar-refractivity contribution in [2.75, 3.05) is 13.2 Å². The lowest BCUT2D eigenvalue weighted by molar-refractivity contribution is 0.0947. The fourth-order valence-corrected chi connectivity index (χ4v) is 5.30. The Labute approximate surface area is 285 Å². The van der Waals surface area contributed by atoms with Gasteiger partial charge in [-0.2, -0.15) is 4.98 Å². The van der Waals surface area contributed by atoms with Gasteiger partial charge in [-0.1, -0.05) is 84.8 Å². The van der Waals surface area contributed by atoms with Crippen LogP contribution in [-0.4, -0.2) is 34.4 Å². The Hall–Kier alpha value is -5.90. The number of carbonyl (C=O) groups is 1. The van der Waals surface area contributed by atoms with Gasteiger partial charge < -0.3 is 28.6 Å². The highest BCUT2D eigenvalue weighted by Crippen LogP contribution is 2.44. The average molecular weight is 659 g/mol. The first-order valence-corrected chi connectivity index (χ1v) is 16.3. The number of benzene rings is 4. The van der Waals surface area contributed by atoms with Crippen LogP contribution in [0.5, 0.6) is 17.2 Å². The van der Waals surface area contributed by atoms with Gasteiger partial charge in [0.1, 0.15) is 36.0 Å². The minimum atomic E-state index is -0.432. The lowest BCUT2D eigenvalue weighted by atomic mass is 9.96. The number of carbonyl (C=O) groups excluding carboxylic acids is 1. The molecule has 4 aromatic carbocycles. The van der Waals surface area contributed by atoms with Crippen LogP contribution in [0.2, 0.25) is 0 Å². The van der Waals surface area contributed by atoms with Crippen molar-refractivity contribution in [1.29, 1.82) is 0 Å². The van der Waals surface area contributed by atoms with Crippen molar-refractivity contribution >= 4 is 5.91 Å². The Morgan fingerprint density at radius 3 is 2.04 bits per heavy atom. The second-order valence-corrected chi connectivity index (χ2v) is 11.6. The van der Waals surface area contributed by atoms with E-state index in [0.29, 0.717) is 42.4 Å². The van der Waals surface area contributed by atoms with Crippen molar-refractivity contribution in [2.24, 2.45) is 0 Å². The molecule has 0 aliphatic carbocycles. The van der Waals surface area contributed by atoms with Crippen LogP contribution in [0.3, 0.4) is 0 Å². The third kappa shape index (κ3) is 7.65. The van der Waals surface area contributed by atoms with Gasteiger partial charge >= 0.3 is 0 Å². The highest BCUT2D eigenvalue weighted by molar-refractivity contribution is 6.01. The zero-order chi connectivity index (χ0) is 34.2. The monoisotopic (exact) mass is 658 g/mol. The molecule has 0 atom stereocenters. The molecule has 49 heavy (non-hydrogen) atoms. The van der Waals surface area contributed by atoms with Crippen molar-refractivity contribution < 1.29 is 28.1 Å². The topological polar surface area (TPSA) is 122 Å². The predicted molar refractivity (Wildman–Crippen MR) is 185 cm³/mol. The van der Waals surface area contributed by atoms with Crippen LogP contribution in [0.4, 0.5) is 0 Å². The first-order valence-electron chi connectivity index (χ1n) is 16.3. The molecule has 6 rings (SSSR count). The van der Waals surface area contributed by atoms with E-state index in [-0.39, 0.29) is 41.3 Å². The summed E-state index contributed by atoms with van der Waals surface area (Å²) in [6.45, 7) is 9.53. The van der Waals surface area contributed by atoms with Gasteiger partial charge in [0.25, 0.3) is 11.8 Å². The summed E-state index contributed by atoms with van der Waals surface area (Å²) in [5.74, 6) is 2.19. The van der Waals surface area contributed by atoms with Crippen molar-refractivity contribution in [3.05, 3.63) is 119 Å². The van der Waals surface area contributed by atoms with Crippen LogP contribution in [0, 0.1) is 0 Å². The van der Waals surface area contributed by atoms with Crippen LogP contribution in [0.1, 0.15) is 60.8 Å². The number of rotatable bonds is 14. The summed E-state index contributed by atoms with van der Waals surface area (Å²) in [6, 6.07) is 31.0. The fourth-order valence-electron chi connectivity index (χ4n) is 5.30. The molecule has 0 saturated carbocycles. The van der Waals surface area contributed by atoms with Crippen molar-refractivity contribution in [3.8, 4) is 51.4 Å². The van der Waals surface area contributed by atoms with Crippen molar-refractivity contribution in [1.82, 2.24) is 20.6 Å². The summed E-state index contributed by atoms with van der Waals surface area (Å²) in [7, 11) is 0. The lowest BCUT2D eigenvalue weighted by Gasteiger charge is -2.19. The molecule has 10 nitrogen and oxygen atoms in total. The molecule has 0 fully saturated rings. The summed E-state index contributed by atoms with van der Waals surface area (Å²) < 4.78 is 30.1. The molecule has 0 bridgehead atoms. The van der Waals surface area contributed by atoms with Crippen molar-refractivity contribution in [2.45, 2.75) is 46.8 Å². The third-order valence-corrected chi connectivity index (χ3v) is 7.76. The molecule has 1 amide bonds. The van der Waals surface area contributed by atoms with E-state index in [1.165, 1.54) is 0 Å². The maximum atomic E-state index is 13.3. The second-order valence-electron chi connectivity index (χ2n) is 11.6. The standard InChI is InChI=1S/C39H38N4O6/c1-5-40-38(44)35-34(37-41-39(49-43-37)28-17-19-29(20-18-28)45-6-2)36(48-42-35)31-21-30(25(3)4)32(46-23-26-13-9-7-10-14-26)22-33(31)47-24-27-15-11-8-12-16-27/h7-22,25H,5-6,23-24H2,1-4H3,(H,40,44). The smallest absolute Gasteiger partial charge is 0.274 e. The molecule has 0 spiro atoms. The van der Waals surface area contributed by atoms with Gasteiger partial charge in [0, 0.05) is 18.2 Å². The van der Waals surface area contributed by atoms with Crippen molar-refractivity contribution in [3.63, 3.8) is 0 Å². The number of nitrogens with zero attached hydrogens (tertiary/aromatic N) is 3. The largest absolute Gasteiger partial charge is 0.494 e. The Morgan fingerprint density at radius 1 is 0.776 bits per heavy atom. The molecule has 0 aliphatic rings. The van der Waals surface area contributed by atoms with Gasteiger partial charge in [-0.15, -0.1) is 0 Å². The highest BCUT2D eigenvalue weighted by atomic mass is 16.5. The fraction of sp³-hybridized carbons (Fsp3) is 0.231. The molecule has 2 aromatic heterocycles. The quantitative estimate of drug-likeness (QED) is 0.123. The van der Waals surface area contributed by atoms with E-state index in [9.17, 15) is 4.79 Å². The molecule has 10 heteroatoms. The van der Waals surface area contributed by atoms with Crippen LogP contribution in [0.15, 0.2) is 106 Å².